The van der Waals surface area contributed by atoms with Crippen molar-refractivity contribution < 1.29 is 9.90 Å². The Bertz CT molecular complexity index is 573. The van der Waals surface area contributed by atoms with E-state index in [2.05, 4.69) is 10.1 Å². The second kappa shape index (κ2) is 3.69. The van der Waals surface area contributed by atoms with E-state index < -0.39 is 5.97 Å². The van der Waals surface area contributed by atoms with Gasteiger partial charge in [-0.1, -0.05) is 0 Å². The number of aromatic carboxylic acids is 1. The van der Waals surface area contributed by atoms with Gasteiger partial charge in [0.15, 0.2) is 0 Å². The van der Waals surface area contributed by atoms with Gasteiger partial charge in [0, 0.05) is 18.3 Å². The van der Waals surface area contributed by atoms with E-state index in [0.717, 1.165) is 5.69 Å². The minimum absolute atomic E-state index is 0.172. The number of carbonyl (C=O) groups is 1. The number of rotatable bonds is 3. The molecular weight excluding hydrogens is 218 g/mol. The van der Waals surface area contributed by atoms with E-state index in [9.17, 15) is 4.79 Å². The van der Waals surface area contributed by atoms with Crippen LogP contribution >= 0.6 is 0 Å². The zero-order valence-corrected chi connectivity index (χ0v) is 9.08. The zero-order chi connectivity index (χ0) is 11.8. The molecule has 1 aliphatic rings. The van der Waals surface area contributed by atoms with Gasteiger partial charge in [0.1, 0.15) is 0 Å². The Morgan fingerprint density at radius 1 is 1.41 bits per heavy atom. The average molecular weight is 229 g/mol. The summed E-state index contributed by atoms with van der Waals surface area (Å²) in [6.45, 7) is 0. The summed E-state index contributed by atoms with van der Waals surface area (Å²) >= 11 is 0. The molecule has 0 aromatic carbocycles. The minimum atomic E-state index is -0.978. The van der Waals surface area contributed by atoms with Crippen LogP contribution in [-0.4, -0.2) is 25.8 Å². The fraction of sp³-hybridized carbons (Fsp3) is 0.250. The summed E-state index contributed by atoms with van der Waals surface area (Å²) in [5, 5.41) is 13.3. The molecule has 5 heteroatoms. The molecule has 17 heavy (non-hydrogen) atoms. The monoisotopic (exact) mass is 229 g/mol. The van der Waals surface area contributed by atoms with Crippen LogP contribution in [0.2, 0.25) is 0 Å². The van der Waals surface area contributed by atoms with Crippen molar-refractivity contribution in [3.05, 3.63) is 42.0 Å². The Hall–Kier alpha value is -2.17. The van der Waals surface area contributed by atoms with Crippen molar-refractivity contribution in [1.29, 1.82) is 0 Å². The van der Waals surface area contributed by atoms with E-state index in [0.29, 0.717) is 11.6 Å². The second-order valence-electron chi connectivity index (χ2n) is 4.20. The number of nitrogens with zero attached hydrogens (tertiary/aromatic N) is 3. The highest BCUT2D eigenvalue weighted by molar-refractivity contribution is 5.87. The third-order valence-electron chi connectivity index (χ3n) is 2.84. The van der Waals surface area contributed by atoms with Crippen molar-refractivity contribution in [3.63, 3.8) is 0 Å². The summed E-state index contributed by atoms with van der Waals surface area (Å²) in [6.07, 6.45) is 7.18. The molecule has 0 spiro atoms. The predicted molar refractivity (Wildman–Crippen MR) is 60.3 cm³/mol. The van der Waals surface area contributed by atoms with Gasteiger partial charge in [0.05, 0.1) is 23.1 Å². The first-order valence-electron chi connectivity index (χ1n) is 5.48. The predicted octanol–water partition coefficient (Wildman–Crippen LogP) is 1.84. The molecule has 1 aliphatic carbocycles. The highest BCUT2D eigenvalue weighted by Gasteiger charge is 2.25. The molecule has 2 aromatic rings. The molecule has 2 heterocycles. The maximum Gasteiger partial charge on any atom is 0.337 e. The first kappa shape index (κ1) is 10.0. The molecule has 1 saturated carbocycles. The smallest absolute Gasteiger partial charge is 0.337 e. The van der Waals surface area contributed by atoms with Crippen molar-refractivity contribution in [2.75, 3.05) is 0 Å². The molecule has 0 bridgehead atoms. The molecular formula is C12H11N3O2. The normalized spacial score (nSPS) is 14.8. The molecule has 2 aromatic heterocycles. The van der Waals surface area contributed by atoms with Crippen LogP contribution in [0.25, 0.3) is 5.69 Å². The fourth-order valence-corrected chi connectivity index (χ4v) is 1.75. The highest BCUT2D eigenvalue weighted by Crippen LogP contribution is 2.38. The SMILES string of the molecule is O=C(O)c1cncc(-n2ccc(C3CC3)n2)c1. The molecule has 0 atom stereocenters. The van der Waals surface area contributed by atoms with E-state index >= 15 is 0 Å². The summed E-state index contributed by atoms with van der Waals surface area (Å²) in [5.74, 6) is -0.388. The highest BCUT2D eigenvalue weighted by atomic mass is 16.4. The first-order chi connectivity index (χ1) is 8.24. The maximum absolute atomic E-state index is 10.8. The lowest BCUT2D eigenvalue weighted by Gasteiger charge is -2.01. The Labute approximate surface area is 97.7 Å². The van der Waals surface area contributed by atoms with Gasteiger partial charge in [-0.05, 0) is 25.0 Å². The van der Waals surface area contributed by atoms with Gasteiger partial charge < -0.3 is 5.11 Å². The summed E-state index contributed by atoms with van der Waals surface area (Å²) < 4.78 is 1.67. The standard InChI is InChI=1S/C12H11N3O2/c16-12(17)9-5-10(7-13-6-9)15-4-3-11(14-15)8-1-2-8/h3-8H,1-2H2,(H,16,17). The Kier molecular flexibility index (Phi) is 2.18. The van der Waals surface area contributed by atoms with Crippen molar-refractivity contribution >= 4 is 5.97 Å². The molecule has 0 saturated heterocycles. The second-order valence-corrected chi connectivity index (χ2v) is 4.20. The van der Waals surface area contributed by atoms with Crippen LogP contribution in [0.5, 0.6) is 0 Å². The van der Waals surface area contributed by atoms with Gasteiger partial charge in [-0.25, -0.2) is 9.48 Å². The van der Waals surface area contributed by atoms with Crippen molar-refractivity contribution in [2.45, 2.75) is 18.8 Å². The van der Waals surface area contributed by atoms with Gasteiger partial charge in [-0.15, -0.1) is 0 Å². The molecule has 86 valence electrons. The van der Waals surface area contributed by atoms with E-state index in [4.69, 9.17) is 5.11 Å². The van der Waals surface area contributed by atoms with Gasteiger partial charge in [0.2, 0.25) is 0 Å². The number of hydrogen-bond donors (Lipinski definition) is 1. The van der Waals surface area contributed by atoms with E-state index in [1.165, 1.54) is 19.0 Å². The third-order valence-corrected chi connectivity index (χ3v) is 2.84. The lowest BCUT2D eigenvalue weighted by Crippen LogP contribution is -2.02. The van der Waals surface area contributed by atoms with Crippen molar-refractivity contribution in [2.24, 2.45) is 0 Å². The molecule has 3 rings (SSSR count). The van der Waals surface area contributed by atoms with Crippen molar-refractivity contribution in [3.8, 4) is 5.69 Å². The Balaban J connectivity index is 1.96. The number of carboxylic acid groups (broad SMARTS) is 1. The summed E-state index contributed by atoms with van der Waals surface area (Å²) in [4.78, 5) is 14.7. The van der Waals surface area contributed by atoms with Gasteiger partial charge >= 0.3 is 5.97 Å². The molecule has 1 fully saturated rings. The number of hydrogen-bond acceptors (Lipinski definition) is 3. The lowest BCUT2D eigenvalue weighted by molar-refractivity contribution is 0.0696. The van der Waals surface area contributed by atoms with Crippen LogP contribution in [0, 0.1) is 0 Å². The number of aromatic nitrogens is 3. The maximum atomic E-state index is 10.8. The average Bonchev–Trinajstić information content (AvgIpc) is 3.07. The number of carboxylic acids is 1. The molecule has 0 unspecified atom stereocenters. The fourth-order valence-electron chi connectivity index (χ4n) is 1.75. The third kappa shape index (κ3) is 1.91. The zero-order valence-electron chi connectivity index (χ0n) is 9.08. The van der Waals surface area contributed by atoms with Crippen LogP contribution in [0.4, 0.5) is 0 Å². The number of pyridine rings is 1. The van der Waals surface area contributed by atoms with Crippen LogP contribution in [0.15, 0.2) is 30.7 Å². The molecule has 0 radical (unpaired) electrons. The molecule has 5 nitrogen and oxygen atoms in total. The molecule has 1 N–H and O–H groups in total. The topological polar surface area (TPSA) is 68.0 Å². The summed E-state index contributed by atoms with van der Waals surface area (Å²) in [6, 6.07) is 3.55. The Morgan fingerprint density at radius 2 is 2.24 bits per heavy atom. The van der Waals surface area contributed by atoms with E-state index in [1.807, 2.05) is 12.3 Å². The molecule has 0 amide bonds. The largest absolute Gasteiger partial charge is 0.478 e. The summed E-state index contributed by atoms with van der Waals surface area (Å²) in [5.41, 5.74) is 1.92. The molecule has 0 aliphatic heterocycles. The van der Waals surface area contributed by atoms with Gasteiger partial charge in [-0.3, -0.25) is 4.98 Å². The summed E-state index contributed by atoms with van der Waals surface area (Å²) in [7, 11) is 0. The van der Waals surface area contributed by atoms with Gasteiger partial charge in [-0.2, -0.15) is 5.10 Å². The van der Waals surface area contributed by atoms with Gasteiger partial charge in [0.25, 0.3) is 0 Å². The lowest BCUT2D eigenvalue weighted by atomic mass is 10.3. The van der Waals surface area contributed by atoms with Crippen LogP contribution < -0.4 is 0 Å². The minimum Gasteiger partial charge on any atom is -0.478 e. The Morgan fingerprint density at radius 3 is 2.94 bits per heavy atom. The first-order valence-corrected chi connectivity index (χ1v) is 5.48. The van der Waals surface area contributed by atoms with Crippen molar-refractivity contribution in [1.82, 2.24) is 14.8 Å². The van der Waals surface area contributed by atoms with Crippen LogP contribution in [-0.2, 0) is 0 Å². The quantitative estimate of drug-likeness (QED) is 0.872. The van der Waals surface area contributed by atoms with E-state index in [-0.39, 0.29) is 5.56 Å². The van der Waals surface area contributed by atoms with E-state index in [1.54, 1.807) is 16.9 Å². The van der Waals surface area contributed by atoms with Crippen LogP contribution in [0.1, 0.15) is 34.8 Å². The van der Waals surface area contributed by atoms with Crippen LogP contribution in [0.3, 0.4) is 0 Å².